The summed E-state index contributed by atoms with van der Waals surface area (Å²) in [5.41, 5.74) is 9.61. The van der Waals surface area contributed by atoms with Crippen LogP contribution >= 0.6 is 69.9 Å². The maximum absolute atomic E-state index is 14.5. The van der Waals surface area contributed by atoms with Gasteiger partial charge in [0.05, 0.1) is 16.1 Å². The van der Waals surface area contributed by atoms with Crippen molar-refractivity contribution in [2.75, 3.05) is 16.0 Å². The van der Waals surface area contributed by atoms with Crippen LogP contribution < -0.4 is 21.7 Å². The highest BCUT2D eigenvalue weighted by Crippen LogP contribution is 2.38. The third-order valence-electron chi connectivity index (χ3n) is 8.69. The minimum Gasteiger partial charge on any atom is -0.355 e. The molecule has 0 bridgehead atoms. The van der Waals surface area contributed by atoms with E-state index < -0.39 is 17.5 Å². The highest BCUT2D eigenvalue weighted by molar-refractivity contribution is 7.14. The molecule has 2 atom stereocenters. The van der Waals surface area contributed by atoms with Gasteiger partial charge in [0.25, 0.3) is 11.8 Å². The van der Waals surface area contributed by atoms with Gasteiger partial charge >= 0.3 is 0 Å². The van der Waals surface area contributed by atoms with Crippen molar-refractivity contribution in [3.05, 3.63) is 155 Å². The van der Waals surface area contributed by atoms with Crippen LogP contribution in [0.4, 0.5) is 34.1 Å². The number of fused-ring (bicyclic) bond motifs is 2. The normalized spacial score (nSPS) is 14.9. The van der Waals surface area contributed by atoms with Crippen molar-refractivity contribution in [2.45, 2.75) is 37.8 Å². The van der Waals surface area contributed by atoms with Crippen LogP contribution in [0.3, 0.4) is 0 Å². The minimum absolute atomic E-state index is 0. The molecule has 0 unspecified atom stereocenters. The number of nitrogens with one attached hydrogen (secondary N) is 3. The average Bonchev–Trinajstić information content (AvgIpc) is 3.99. The number of nitrogens with zero attached hydrogens (tertiary/aromatic N) is 2. The molecule has 0 saturated carbocycles. The Morgan fingerprint density at radius 1 is 0.679 bits per heavy atom. The molecule has 2 aliphatic rings. The molecule has 2 aliphatic carbocycles. The van der Waals surface area contributed by atoms with E-state index in [0.29, 0.717) is 80.0 Å². The fraction of sp³-hybridized carbons (Fsp3) is 0.158. The summed E-state index contributed by atoms with van der Waals surface area (Å²) in [6.07, 6.45) is 5.76. The Morgan fingerprint density at radius 3 is 1.66 bits per heavy atom. The first-order valence-electron chi connectivity index (χ1n) is 16.5. The van der Waals surface area contributed by atoms with Gasteiger partial charge in [-0.25, -0.2) is 27.5 Å². The number of thiazole rings is 2. The average molecular weight is 885 g/mol. The maximum atomic E-state index is 14.5. The zero-order valence-corrected chi connectivity index (χ0v) is 33.4. The van der Waals surface area contributed by atoms with Gasteiger partial charge in [-0.3, -0.25) is 9.59 Å². The quantitative estimate of drug-likeness (QED) is 0.124. The predicted molar refractivity (Wildman–Crippen MR) is 218 cm³/mol. The Kier molecular flexibility index (Phi) is 14.7. The summed E-state index contributed by atoms with van der Waals surface area (Å²) in [6, 6.07) is 12.7. The van der Waals surface area contributed by atoms with Crippen LogP contribution in [0.15, 0.2) is 83.8 Å². The standard InChI is InChI=1S/C19H14ClF2N3OS.C16H13ClF2N2O.C3H2ClNS.ClH/c20-13-9-10(1-4-14(13)21)24-18(26)12-2-5-15(22)17-11(12)3-6-16(17)25-19-23-7-8-27-19;17-11-7-8(1-4-12(11)18)21-16(22)10-2-5-13(19)15-9(10)3-6-14(15)20;4-3-5-1-2-6-3;/h1-2,4-5,7-9,16H,3,6H2,(H,23,25)(H,24,26);1-2,4-5,7,14H,3,6,20H2,(H,21,22);1-2H;1H/t16-;14-;;/m00../s1. The fourth-order valence-electron chi connectivity index (χ4n) is 6.23. The molecule has 0 radical (unpaired) electrons. The largest absolute Gasteiger partial charge is 0.355 e. The molecule has 0 aliphatic heterocycles. The summed E-state index contributed by atoms with van der Waals surface area (Å²) < 4.78 is 55.3. The van der Waals surface area contributed by atoms with Crippen LogP contribution in [0.5, 0.6) is 0 Å². The molecule has 6 aromatic rings. The zero-order chi connectivity index (χ0) is 39.2. The fourth-order valence-corrected chi connectivity index (χ4v) is 7.74. The molecule has 2 aromatic heterocycles. The van der Waals surface area contributed by atoms with Crippen LogP contribution in [0.25, 0.3) is 0 Å². The van der Waals surface area contributed by atoms with E-state index in [0.717, 1.165) is 0 Å². The molecule has 292 valence electrons. The van der Waals surface area contributed by atoms with Gasteiger partial charge in [-0.1, -0.05) is 34.8 Å². The van der Waals surface area contributed by atoms with E-state index in [-0.39, 0.29) is 52.1 Å². The second kappa shape index (κ2) is 19.2. The third kappa shape index (κ3) is 10.2. The van der Waals surface area contributed by atoms with E-state index in [1.54, 1.807) is 12.4 Å². The SMILES string of the molecule is Cl.Clc1nccs1.N[C@H]1CCc2c(C(=O)Nc3ccc(F)c(Cl)c3)ccc(F)c21.O=C(Nc1ccc(F)c(Cl)c1)c1ccc(F)c2c1CC[C@@H]2Nc1nccs1. The van der Waals surface area contributed by atoms with E-state index in [1.807, 2.05) is 10.8 Å². The van der Waals surface area contributed by atoms with E-state index in [2.05, 4.69) is 25.9 Å². The molecule has 8 rings (SSSR count). The Hall–Kier alpha value is -4.28. The number of benzene rings is 4. The monoisotopic (exact) mass is 882 g/mol. The summed E-state index contributed by atoms with van der Waals surface area (Å²) in [4.78, 5) is 33.0. The first kappa shape index (κ1) is 42.9. The Labute approximate surface area is 347 Å². The van der Waals surface area contributed by atoms with Crippen molar-refractivity contribution < 1.29 is 27.2 Å². The summed E-state index contributed by atoms with van der Waals surface area (Å²) in [7, 11) is 0. The molecule has 0 saturated heterocycles. The Balaban J connectivity index is 0.000000186. The Morgan fingerprint density at radius 2 is 1.18 bits per heavy atom. The van der Waals surface area contributed by atoms with Crippen LogP contribution in [-0.2, 0) is 12.8 Å². The minimum atomic E-state index is -0.562. The number of hydrogen-bond acceptors (Lipinski definition) is 8. The maximum Gasteiger partial charge on any atom is 0.255 e. The molecule has 2 heterocycles. The smallest absolute Gasteiger partial charge is 0.255 e. The van der Waals surface area contributed by atoms with Gasteiger partial charge in [0.2, 0.25) is 0 Å². The van der Waals surface area contributed by atoms with Crippen molar-refractivity contribution in [3.8, 4) is 0 Å². The number of anilines is 3. The van der Waals surface area contributed by atoms with Crippen LogP contribution in [-0.4, -0.2) is 21.8 Å². The topological polar surface area (TPSA) is 122 Å². The lowest BCUT2D eigenvalue weighted by molar-refractivity contribution is 0.101. The molecule has 8 nitrogen and oxygen atoms in total. The van der Waals surface area contributed by atoms with Crippen molar-refractivity contribution in [2.24, 2.45) is 5.73 Å². The molecule has 0 fully saturated rings. The van der Waals surface area contributed by atoms with Gasteiger partial charge in [0.1, 0.15) is 23.3 Å². The number of carbonyl (C=O) groups excluding carboxylic acids is 2. The number of hydrogen-bond donors (Lipinski definition) is 4. The second-order valence-corrected chi connectivity index (χ2v) is 15.3. The molecule has 18 heteroatoms. The number of halogens is 8. The number of aromatic nitrogens is 2. The first-order valence-corrected chi connectivity index (χ1v) is 19.4. The van der Waals surface area contributed by atoms with Gasteiger partial charge in [-0.2, -0.15) is 0 Å². The van der Waals surface area contributed by atoms with Gasteiger partial charge in [-0.15, -0.1) is 35.1 Å². The summed E-state index contributed by atoms with van der Waals surface area (Å²) in [5.74, 6) is -2.64. The Bertz CT molecular complexity index is 2340. The van der Waals surface area contributed by atoms with E-state index in [9.17, 15) is 27.2 Å². The van der Waals surface area contributed by atoms with Gasteiger partial charge in [-0.05, 0) is 97.5 Å². The molecule has 56 heavy (non-hydrogen) atoms. The van der Waals surface area contributed by atoms with Crippen LogP contribution in [0.2, 0.25) is 14.5 Å². The highest BCUT2D eigenvalue weighted by Gasteiger charge is 2.31. The second-order valence-electron chi connectivity index (χ2n) is 12.1. The number of carbonyl (C=O) groups is 2. The van der Waals surface area contributed by atoms with Crippen LogP contribution in [0.1, 0.15) is 67.9 Å². The molecule has 5 N–H and O–H groups in total. The summed E-state index contributed by atoms with van der Waals surface area (Å²) >= 11 is 19.7. The first-order chi connectivity index (χ1) is 26.4. The van der Waals surface area contributed by atoms with E-state index >= 15 is 0 Å². The molecule has 0 spiro atoms. The molecular weight excluding hydrogens is 854 g/mol. The lowest BCUT2D eigenvalue weighted by Crippen LogP contribution is -2.15. The highest BCUT2D eigenvalue weighted by atomic mass is 35.5. The number of amides is 2. The van der Waals surface area contributed by atoms with Gasteiger partial charge < -0.3 is 21.7 Å². The summed E-state index contributed by atoms with van der Waals surface area (Å²) in [5, 5.41) is 12.8. The third-order valence-corrected chi connectivity index (χ3v) is 10.9. The molecule has 2 amide bonds. The summed E-state index contributed by atoms with van der Waals surface area (Å²) in [6.45, 7) is 0. The zero-order valence-electron chi connectivity index (χ0n) is 28.7. The molecular formula is C38H30Cl4F4N6O2S2. The lowest BCUT2D eigenvalue weighted by Gasteiger charge is -2.15. The molecule has 4 aromatic carbocycles. The lowest BCUT2D eigenvalue weighted by atomic mass is 10.0. The van der Waals surface area contributed by atoms with Crippen molar-refractivity contribution in [3.63, 3.8) is 0 Å². The van der Waals surface area contributed by atoms with Crippen molar-refractivity contribution in [1.82, 2.24) is 9.97 Å². The van der Waals surface area contributed by atoms with Crippen LogP contribution in [0, 0.1) is 23.3 Å². The number of nitrogens with two attached hydrogens (primary N) is 1. The number of rotatable bonds is 6. The van der Waals surface area contributed by atoms with Gasteiger partial charge in [0, 0.05) is 62.8 Å². The van der Waals surface area contributed by atoms with Crippen molar-refractivity contribution in [1.29, 1.82) is 0 Å². The van der Waals surface area contributed by atoms with E-state index in [4.69, 9.17) is 40.5 Å². The van der Waals surface area contributed by atoms with E-state index in [1.165, 1.54) is 83.3 Å². The predicted octanol–water partition coefficient (Wildman–Crippen LogP) is 11.5. The van der Waals surface area contributed by atoms with Crippen molar-refractivity contribution >= 4 is 98.2 Å². The van der Waals surface area contributed by atoms with Gasteiger partial charge in [0.15, 0.2) is 9.60 Å².